The van der Waals surface area contributed by atoms with Gasteiger partial charge in [-0.05, 0) is 42.7 Å². The van der Waals surface area contributed by atoms with E-state index in [1.54, 1.807) is 18.2 Å². The zero-order valence-corrected chi connectivity index (χ0v) is 16.3. The lowest BCUT2D eigenvalue weighted by atomic mass is 9.77. The minimum Gasteiger partial charge on any atom is -0.508 e. The molecular weight excluding hydrogens is 388 g/mol. The first-order valence-electron chi connectivity index (χ1n) is 9.61. The van der Waals surface area contributed by atoms with E-state index in [0.717, 1.165) is 5.56 Å². The summed E-state index contributed by atoms with van der Waals surface area (Å²) in [6.45, 7) is 0. The maximum absolute atomic E-state index is 13.2. The van der Waals surface area contributed by atoms with E-state index < -0.39 is 10.8 Å². The summed E-state index contributed by atoms with van der Waals surface area (Å²) in [6, 6.07) is 10.8. The average molecular weight is 408 g/mol. The predicted octanol–water partition coefficient (Wildman–Crippen LogP) is 3.84. The lowest BCUT2D eigenvalue weighted by molar-refractivity contribution is -0.384. The van der Waals surface area contributed by atoms with Crippen molar-refractivity contribution in [3.8, 4) is 11.5 Å². The zero-order chi connectivity index (χ0) is 21.4. The molecule has 8 nitrogen and oxygen atoms in total. The van der Waals surface area contributed by atoms with Crippen LogP contribution < -0.4 is 9.64 Å². The fourth-order valence-electron chi connectivity index (χ4n) is 4.23. The van der Waals surface area contributed by atoms with E-state index in [2.05, 4.69) is 0 Å². The van der Waals surface area contributed by atoms with Gasteiger partial charge in [0.25, 0.3) is 5.69 Å². The maximum Gasteiger partial charge on any atom is 0.297 e. The van der Waals surface area contributed by atoms with Gasteiger partial charge in [-0.25, -0.2) is 0 Å². The Morgan fingerprint density at radius 2 is 1.87 bits per heavy atom. The van der Waals surface area contributed by atoms with Gasteiger partial charge in [0.15, 0.2) is 5.78 Å². The second-order valence-electron chi connectivity index (χ2n) is 7.33. The molecule has 1 aliphatic heterocycles. The van der Waals surface area contributed by atoms with Crippen molar-refractivity contribution in [1.82, 2.24) is 0 Å². The summed E-state index contributed by atoms with van der Waals surface area (Å²) < 4.78 is 5.09. The van der Waals surface area contributed by atoms with Crippen LogP contribution in [0.1, 0.15) is 37.2 Å². The van der Waals surface area contributed by atoms with E-state index in [4.69, 9.17) is 4.74 Å². The molecule has 0 saturated carbocycles. The Hall–Kier alpha value is -3.68. The number of ketones is 1. The number of carbonyl (C=O) groups excluding carboxylic acids is 2. The molecule has 2 aliphatic rings. The Bertz CT molecular complexity index is 1070. The third-order valence-electron chi connectivity index (χ3n) is 5.59. The molecule has 2 aromatic carbocycles. The van der Waals surface area contributed by atoms with E-state index in [9.17, 15) is 24.8 Å². The lowest BCUT2D eigenvalue weighted by Crippen LogP contribution is -2.40. The highest BCUT2D eigenvalue weighted by atomic mass is 16.6. The third-order valence-corrected chi connectivity index (χ3v) is 5.59. The van der Waals surface area contributed by atoms with Crippen LogP contribution in [0.3, 0.4) is 0 Å². The highest BCUT2D eigenvalue weighted by Crippen LogP contribution is 2.45. The van der Waals surface area contributed by atoms with Gasteiger partial charge in [-0.15, -0.1) is 0 Å². The van der Waals surface area contributed by atoms with E-state index in [1.165, 1.54) is 36.3 Å². The number of Topliss-reactive ketones (excluding diaryl/α,β-unsaturated/α-hetero) is 1. The van der Waals surface area contributed by atoms with Crippen LogP contribution in [-0.2, 0) is 9.59 Å². The van der Waals surface area contributed by atoms with Gasteiger partial charge in [-0.3, -0.25) is 24.6 Å². The molecule has 2 aromatic rings. The van der Waals surface area contributed by atoms with Gasteiger partial charge in [0.1, 0.15) is 17.2 Å². The predicted molar refractivity (Wildman–Crippen MR) is 108 cm³/mol. The largest absolute Gasteiger partial charge is 0.508 e. The van der Waals surface area contributed by atoms with Crippen molar-refractivity contribution in [3.63, 3.8) is 0 Å². The fraction of sp³-hybridized carbons (Fsp3) is 0.273. The van der Waals surface area contributed by atoms with E-state index in [1.807, 2.05) is 0 Å². The summed E-state index contributed by atoms with van der Waals surface area (Å²) in [5, 5.41) is 21.3. The molecule has 0 aromatic heterocycles. The van der Waals surface area contributed by atoms with Crippen LogP contribution in [0.5, 0.6) is 11.5 Å². The molecule has 1 N–H and O–H groups in total. The van der Waals surface area contributed by atoms with Crippen LogP contribution in [0, 0.1) is 10.1 Å². The van der Waals surface area contributed by atoms with Crippen molar-refractivity contribution in [2.75, 3.05) is 12.0 Å². The van der Waals surface area contributed by atoms with Crippen molar-refractivity contribution in [1.29, 1.82) is 0 Å². The molecule has 0 fully saturated rings. The summed E-state index contributed by atoms with van der Waals surface area (Å²) in [7, 11) is 1.41. The molecule has 1 unspecified atom stereocenters. The molecule has 4 rings (SSSR count). The smallest absolute Gasteiger partial charge is 0.297 e. The number of amides is 1. The summed E-state index contributed by atoms with van der Waals surface area (Å²) in [4.78, 5) is 38.6. The first kappa shape index (κ1) is 19.6. The number of carbonyl (C=O) groups is 2. The van der Waals surface area contributed by atoms with Gasteiger partial charge < -0.3 is 9.84 Å². The topological polar surface area (TPSA) is 110 Å². The van der Waals surface area contributed by atoms with Crippen LogP contribution >= 0.6 is 0 Å². The van der Waals surface area contributed by atoms with Gasteiger partial charge in [0.05, 0.1) is 18.1 Å². The third kappa shape index (κ3) is 3.30. The Balaban J connectivity index is 1.89. The van der Waals surface area contributed by atoms with Crippen LogP contribution in [-0.4, -0.2) is 28.8 Å². The van der Waals surface area contributed by atoms with Gasteiger partial charge in [0, 0.05) is 30.0 Å². The first-order valence-corrected chi connectivity index (χ1v) is 9.61. The number of hydrogen-bond acceptors (Lipinski definition) is 6. The Morgan fingerprint density at radius 1 is 1.13 bits per heavy atom. The zero-order valence-electron chi connectivity index (χ0n) is 16.3. The second kappa shape index (κ2) is 7.62. The van der Waals surface area contributed by atoms with Gasteiger partial charge >= 0.3 is 0 Å². The number of allylic oxidation sites excluding steroid dienone is 2. The Morgan fingerprint density at radius 3 is 2.53 bits per heavy atom. The Labute approximate surface area is 172 Å². The van der Waals surface area contributed by atoms with Crippen molar-refractivity contribution < 1.29 is 24.4 Å². The molecule has 1 atom stereocenters. The minimum atomic E-state index is -0.553. The molecular formula is C22H20N2O6. The van der Waals surface area contributed by atoms with Crippen LogP contribution in [0.2, 0.25) is 0 Å². The number of anilines is 1. The highest BCUT2D eigenvalue weighted by molar-refractivity contribution is 6.08. The van der Waals surface area contributed by atoms with E-state index in [0.29, 0.717) is 36.3 Å². The summed E-state index contributed by atoms with van der Waals surface area (Å²) in [5.74, 6) is -0.390. The van der Waals surface area contributed by atoms with Crippen molar-refractivity contribution in [2.24, 2.45) is 0 Å². The number of nitrogens with zero attached hydrogens (tertiary/aromatic N) is 2. The molecule has 1 heterocycles. The van der Waals surface area contributed by atoms with Crippen molar-refractivity contribution in [2.45, 2.75) is 31.6 Å². The van der Waals surface area contributed by atoms with Crippen molar-refractivity contribution >= 4 is 23.1 Å². The molecule has 0 bridgehead atoms. The molecule has 30 heavy (non-hydrogen) atoms. The van der Waals surface area contributed by atoms with Gasteiger partial charge in [-0.2, -0.15) is 0 Å². The number of nitro benzene ring substituents is 1. The highest BCUT2D eigenvalue weighted by Gasteiger charge is 2.41. The quantitative estimate of drug-likeness (QED) is 0.608. The van der Waals surface area contributed by atoms with Crippen LogP contribution in [0.4, 0.5) is 11.4 Å². The number of aromatic hydroxyl groups is 1. The number of methoxy groups -OCH3 is 1. The van der Waals surface area contributed by atoms with E-state index in [-0.39, 0.29) is 35.2 Å². The second-order valence-corrected chi connectivity index (χ2v) is 7.33. The van der Waals surface area contributed by atoms with Gasteiger partial charge in [0.2, 0.25) is 5.91 Å². The number of hydrogen-bond donors (Lipinski definition) is 1. The molecule has 0 spiro atoms. The molecule has 0 radical (unpaired) electrons. The number of nitro groups is 1. The summed E-state index contributed by atoms with van der Waals surface area (Å²) in [5.41, 5.74) is 1.69. The number of benzene rings is 2. The molecule has 154 valence electrons. The molecule has 8 heteroatoms. The van der Waals surface area contributed by atoms with Gasteiger partial charge in [-0.1, -0.05) is 12.1 Å². The number of rotatable bonds is 4. The number of ether oxygens (including phenoxy) is 1. The minimum absolute atomic E-state index is 0.0124. The fourth-order valence-corrected chi connectivity index (χ4v) is 4.23. The Kier molecular flexibility index (Phi) is 4.99. The SMILES string of the molecule is COc1ccc(N2C(=O)CC(c3ccc(O)cc3)C3=C2CCCC3=O)c([N+](=O)[O-])c1. The molecule has 0 saturated heterocycles. The number of phenols is 1. The first-order chi connectivity index (χ1) is 14.4. The monoisotopic (exact) mass is 408 g/mol. The summed E-state index contributed by atoms with van der Waals surface area (Å²) >= 11 is 0. The van der Waals surface area contributed by atoms with Crippen molar-refractivity contribution in [3.05, 3.63) is 69.4 Å². The normalized spacial score (nSPS) is 19.0. The molecule has 1 aliphatic carbocycles. The van der Waals surface area contributed by atoms with Crippen LogP contribution in [0.25, 0.3) is 0 Å². The van der Waals surface area contributed by atoms with E-state index >= 15 is 0 Å². The number of phenolic OH excluding ortho intramolecular Hbond substituents is 1. The molecule has 1 amide bonds. The average Bonchev–Trinajstić information content (AvgIpc) is 2.73. The standard InChI is InChI=1S/C22H20N2O6/c1-30-15-9-10-17(19(11-15)24(28)29)23-18-3-2-4-20(26)22(18)16(12-21(23)27)13-5-7-14(25)8-6-13/h5-11,16,25H,2-4,12H2,1H3. The summed E-state index contributed by atoms with van der Waals surface area (Å²) in [6.07, 6.45) is 1.44. The lowest BCUT2D eigenvalue weighted by Gasteiger charge is -2.38. The maximum atomic E-state index is 13.2. The van der Waals surface area contributed by atoms with Crippen LogP contribution in [0.15, 0.2) is 53.7 Å².